The standard InChI is InChI=1S/C19H22N4O2S/c1-2-7-18-21-17-10-6-12-20-19(17)23(18)15-11-13-22(14-15)26(24,25)16-8-4-3-5-9-16/h3-6,8-10,12,15H,2,7,11,13-14H2,1H3/t15-/m1/s1. The summed E-state index contributed by atoms with van der Waals surface area (Å²) >= 11 is 0. The summed E-state index contributed by atoms with van der Waals surface area (Å²) in [5.41, 5.74) is 1.72. The molecular weight excluding hydrogens is 348 g/mol. The molecule has 1 saturated heterocycles. The lowest BCUT2D eigenvalue weighted by Gasteiger charge is -2.18. The third-order valence-electron chi connectivity index (χ3n) is 4.87. The highest BCUT2D eigenvalue weighted by atomic mass is 32.2. The molecule has 3 aromatic rings. The van der Waals surface area contributed by atoms with Gasteiger partial charge in [0, 0.05) is 25.7 Å². The summed E-state index contributed by atoms with van der Waals surface area (Å²) in [7, 11) is -3.46. The average molecular weight is 370 g/mol. The topological polar surface area (TPSA) is 68.1 Å². The van der Waals surface area contributed by atoms with Crippen LogP contribution in [-0.2, 0) is 16.4 Å². The number of nitrogens with zero attached hydrogens (tertiary/aromatic N) is 4. The molecule has 0 N–H and O–H groups in total. The van der Waals surface area contributed by atoms with Crippen molar-refractivity contribution < 1.29 is 8.42 Å². The van der Waals surface area contributed by atoms with Gasteiger partial charge in [0.2, 0.25) is 10.0 Å². The highest BCUT2D eigenvalue weighted by Gasteiger charge is 2.34. The molecule has 4 rings (SSSR count). The molecule has 0 amide bonds. The second-order valence-electron chi connectivity index (χ2n) is 6.61. The zero-order valence-electron chi connectivity index (χ0n) is 14.7. The van der Waals surface area contributed by atoms with Crippen molar-refractivity contribution in [2.45, 2.75) is 37.1 Å². The normalized spacial score (nSPS) is 18.6. The molecule has 7 heteroatoms. The van der Waals surface area contributed by atoms with Gasteiger partial charge < -0.3 is 4.57 Å². The van der Waals surface area contributed by atoms with Gasteiger partial charge in [-0.15, -0.1) is 0 Å². The van der Waals surface area contributed by atoms with Crippen LogP contribution in [0.1, 0.15) is 31.6 Å². The summed E-state index contributed by atoms with van der Waals surface area (Å²) in [6.07, 6.45) is 4.38. The van der Waals surface area contributed by atoms with E-state index < -0.39 is 10.0 Å². The monoisotopic (exact) mass is 370 g/mol. The van der Waals surface area contributed by atoms with Gasteiger partial charge in [-0.25, -0.2) is 18.4 Å². The van der Waals surface area contributed by atoms with Crippen LogP contribution in [0.3, 0.4) is 0 Å². The maximum atomic E-state index is 12.9. The van der Waals surface area contributed by atoms with Gasteiger partial charge in [-0.2, -0.15) is 4.31 Å². The number of sulfonamides is 1. The molecule has 0 bridgehead atoms. The lowest BCUT2D eigenvalue weighted by atomic mass is 10.2. The lowest BCUT2D eigenvalue weighted by molar-refractivity contribution is 0.449. The minimum absolute atomic E-state index is 0.0648. The van der Waals surface area contributed by atoms with Crippen LogP contribution in [0.25, 0.3) is 11.2 Å². The molecule has 2 aromatic heterocycles. The number of hydrogen-bond acceptors (Lipinski definition) is 4. The summed E-state index contributed by atoms with van der Waals surface area (Å²) < 4.78 is 29.6. The second-order valence-corrected chi connectivity index (χ2v) is 8.55. The minimum atomic E-state index is -3.46. The summed E-state index contributed by atoms with van der Waals surface area (Å²) in [5, 5.41) is 0. The van der Waals surface area contributed by atoms with Crippen LogP contribution in [-0.4, -0.2) is 40.3 Å². The van der Waals surface area contributed by atoms with Gasteiger partial charge in [0.25, 0.3) is 0 Å². The quantitative estimate of drug-likeness (QED) is 0.692. The van der Waals surface area contributed by atoms with E-state index in [4.69, 9.17) is 4.98 Å². The third kappa shape index (κ3) is 2.91. The summed E-state index contributed by atoms with van der Waals surface area (Å²) in [6, 6.07) is 12.6. The predicted molar refractivity (Wildman–Crippen MR) is 100 cm³/mol. The van der Waals surface area contributed by atoms with Crippen molar-refractivity contribution in [2.75, 3.05) is 13.1 Å². The summed E-state index contributed by atoms with van der Waals surface area (Å²) in [5.74, 6) is 0.991. The molecular formula is C19H22N4O2S. The number of rotatable bonds is 5. The second kappa shape index (κ2) is 6.81. The van der Waals surface area contributed by atoms with Gasteiger partial charge in [0.1, 0.15) is 11.3 Å². The largest absolute Gasteiger partial charge is 0.308 e. The molecule has 136 valence electrons. The molecule has 1 aliphatic rings. The van der Waals surface area contributed by atoms with Gasteiger partial charge in [-0.1, -0.05) is 25.1 Å². The van der Waals surface area contributed by atoms with Crippen molar-refractivity contribution in [3.8, 4) is 0 Å². The fourth-order valence-corrected chi connectivity index (χ4v) is 5.15. The minimum Gasteiger partial charge on any atom is -0.308 e. The highest BCUT2D eigenvalue weighted by molar-refractivity contribution is 7.89. The molecule has 0 radical (unpaired) electrons. The van der Waals surface area contributed by atoms with Crippen LogP contribution in [0.4, 0.5) is 0 Å². The Balaban J connectivity index is 1.67. The van der Waals surface area contributed by atoms with E-state index in [9.17, 15) is 8.42 Å². The Bertz CT molecular complexity index is 1010. The average Bonchev–Trinajstić information content (AvgIpc) is 3.27. The van der Waals surface area contributed by atoms with Gasteiger partial charge in [-0.3, -0.25) is 0 Å². The Kier molecular flexibility index (Phi) is 4.50. The third-order valence-corrected chi connectivity index (χ3v) is 6.75. The van der Waals surface area contributed by atoms with Crippen LogP contribution in [0.5, 0.6) is 0 Å². The van der Waals surface area contributed by atoms with Crippen molar-refractivity contribution >= 4 is 21.2 Å². The first-order valence-electron chi connectivity index (χ1n) is 8.98. The molecule has 26 heavy (non-hydrogen) atoms. The number of imidazole rings is 1. The predicted octanol–water partition coefficient (Wildman–Crippen LogP) is 3.02. The Morgan fingerprint density at radius 3 is 2.73 bits per heavy atom. The zero-order valence-corrected chi connectivity index (χ0v) is 15.6. The molecule has 0 saturated carbocycles. The zero-order chi connectivity index (χ0) is 18.1. The van der Waals surface area contributed by atoms with Crippen molar-refractivity contribution in [2.24, 2.45) is 0 Å². The smallest absolute Gasteiger partial charge is 0.243 e. The van der Waals surface area contributed by atoms with E-state index in [1.165, 1.54) is 0 Å². The first-order valence-corrected chi connectivity index (χ1v) is 10.4. The molecule has 1 fully saturated rings. The number of pyridine rings is 1. The molecule has 1 aliphatic heterocycles. The molecule has 0 aliphatic carbocycles. The van der Waals surface area contributed by atoms with E-state index >= 15 is 0 Å². The fourth-order valence-electron chi connectivity index (χ4n) is 3.64. The van der Waals surface area contributed by atoms with E-state index in [1.807, 2.05) is 18.2 Å². The first-order chi connectivity index (χ1) is 12.6. The highest BCUT2D eigenvalue weighted by Crippen LogP contribution is 2.31. The first kappa shape index (κ1) is 17.2. The van der Waals surface area contributed by atoms with Crippen LogP contribution in [0.15, 0.2) is 53.6 Å². The Labute approximate surface area is 153 Å². The Morgan fingerprint density at radius 2 is 1.96 bits per heavy atom. The van der Waals surface area contributed by atoms with E-state index in [2.05, 4.69) is 16.5 Å². The number of benzene rings is 1. The molecule has 1 atom stereocenters. The van der Waals surface area contributed by atoms with Crippen molar-refractivity contribution in [1.29, 1.82) is 0 Å². The molecule has 0 spiro atoms. The number of fused-ring (bicyclic) bond motifs is 1. The van der Waals surface area contributed by atoms with Crippen LogP contribution in [0, 0.1) is 0 Å². The van der Waals surface area contributed by atoms with Crippen molar-refractivity contribution in [3.63, 3.8) is 0 Å². The van der Waals surface area contributed by atoms with E-state index in [-0.39, 0.29) is 6.04 Å². The number of aromatic nitrogens is 3. The van der Waals surface area contributed by atoms with Gasteiger partial charge >= 0.3 is 0 Å². The van der Waals surface area contributed by atoms with Gasteiger partial charge in [0.15, 0.2) is 5.65 Å². The van der Waals surface area contributed by atoms with Gasteiger partial charge in [-0.05, 0) is 37.1 Å². The van der Waals surface area contributed by atoms with E-state index in [0.29, 0.717) is 18.0 Å². The Morgan fingerprint density at radius 1 is 1.15 bits per heavy atom. The molecule has 1 aromatic carbocycles. The summed E-state index contributed by atoms with van der Waals surface area (Å²) in [6.45, 7) is 3.09. The summed E-state index contributed by atoms with van der Waals surface area (Å²) in [4.78, 5) is 9.58. The van der Waals surface area contributed by atoms with E-state index in [1.54, 1.807) is 34.8 Å². The number of hydrogen-bond donors (Lipinski definition) is 0. The SMILES string of the molecule is CCCc1nc2cccnc2n1[C@@H]1CCN(S(=O)(=O)c2ccccc2)C1. The maximum absolute atomic E-state index is 12.9. The van der Waals surface area contributed by atoms with Crippen LogP contribution in [0.2, 0.25) is 0 Å². The molecule has 3 heterocycles. The Hall–Kier alpha value is -2.25. The maximum Gasteiger partial charge on any atom is 0.243 e. The lowest BCUT2D eigenvalue weighted by Crippen LogP contribution is -2.29. The van der Waals surface area contributed by atoms with Crippen molar-refractivity contribution in [3.05, 3.63) is 54.5 Å². The molecule has 0 unspecified atom stereocenters. The molecule has 6 nitrogen and oxygen atoms in total. The van der Waals surface area contributed by atoms with Crippen LogP contribution < -0.4 is 0 Å². The fraction of sp³-hybridized carbons (Fsp3) is 0.368. The van der Waals surface area contributed by atoms with Gasteiger partial charge in [0.05, 0.1) is 10.9 Å². The number of aryl methyl sites for hydroxylation is 1. The van der Waals surface area contributed by atoms with E-state index in [0.717, 1.165) is 36.3 Å². The van der Waals surface area contributed by atoms with Crippen molar-refractivity contribution in [1.82, 2.24) is 18.8 Å². The van der Waals surface area contributed by atoms with Crippen LogP contribution >= 0.6 is 0 Å².